The number of fused-ring (bicyclic) bond motifs is 1. The van der Waals surface area contributed by atoms with Crippen molar-refractivity contribution in [1.82, 2.24) is 24.2 Å². The molecule has 3 heterocycles. The number of anilines is 1. The molecule has 49 heavy (non-hydrogen) atoms. The first-order chi connectivity index (χ1) is 22.8. The average molecular weight is 731 g/mol. The fraction of sp³-hybridized carbons (Fsp3) is 0.269. The lowest BCUT2D eigenvalue weighted by molar-refractivity contribution is -0.274. The lowest BCUT2D eigenvalue weighted by Crippen LogP contribution is -2.58. The lowest BCUT2D eigenvalue weighted by Gasteiger charge is -2.38. The normalized spacial score (nSPS) is 15.9. The van der Waals surface area contributed by atoms with Crippen molar-refractivity contribution in [2.24, 2.45) is 0 Å². The van der Waals surface area contributed by atoms with Crippen LogP contribution in [0, 0.1) is 23.3 Å². The number of nitrogens with one attached hydrogen (secondary N) is 1. The second-order valence-corrected chi connectivity index (χ2v) is 11.6. The third-order valence-electron chi connectivity index (χ3n) is 6.63. The number of carbonyl (C=O) groups is 1. The number of sulfonamides is 1. The number of hydrogen-bond donors (Lipinski definition) is 1. The van der Waals surface area contributed by atoms with Crippen LogP contribution >= 0.6 is 0 Å². The van der Waals surface area contributed by atoms with Gasteiger partial charge in [0.05, 0.1) is 17.3 Å². The number of aliphatic carboxylic acids is 1. The number of alkyl halides is 6. The molecule has 2 aromatic carbocycles. The molecule has 12 nitrogen and oxygen atoms in total. The zero-order valence-corrected chi connectivity index (χ0v) is 24.7. The molecule has 0 unspecified atom stereocenters. The summed E-state index contributed by atoms with van der Waals surface area (Å²) >= 11 is 0. The van der Waals surface area contributed by atoms with Gasteiger partial charge in [0.2, 0.25) is 10.0 Å². The van der Waals surface area contributed by atoms with E-state index in [4.69, 9.17) is 5.73 Å². The van der Waals surface area contributed by atoms with Crippen LogP contribution < -0.4 is 9.64 Å². The number of hydrogen-bond acceptors (Lipinski definition) is 9. The van der Waals surface area contributed by atoms with Crippen molar-refractivity contribution >= 4 is 33.0 Å². The van der Waals surface area contributed by atoms with E-state index in [2.05, 4.69) is 24.7 Å². The van der Waals surface area contributed by atoms with Crippen LogP contribution in [0.15, 0.2) is 47.9 Å². The van der Waals surface area contributed by atoms with E-state index in [-0.39, 0.29) is 24.5 Å². The number of carboxylic acids is 1. The Labute approximate surface area is 267 Å². The largest absolute Gasteiger partial charge is 0.673 e. The first-order valence-electron chi connectivity index (χ1n) is 13.1. The zero-order chi connectivity index (χ0) is 36.5. The standard InChI is InChI=1S/C18H15F3N6O5S.C8H3F7N/c19-18(20,21)32-11-1-3-12(4-2-11)33(30,31)27-6-5-26(9-14(27)17(28)29)15-8-23-13-7-22-10-24-16(13)25-15;9-4-2(1-16)5(10)7(12)3(6(4)11)8(13,14)15/h1-4,7-8,10,14H,5-6,9H2,(H,28,29);16H,1H2/q;-1/t14-;/m1./s1. The topological polar surface area (TPSA) is 163 Å². The van der Waals surface area contributed by atoms with Gasteiger partial charge in [0.1, 0.15) is 35.0 Å². The van der Waals surface area contributed by atoms with Gasteiger partial charge in [-0.05, 0) is 24.3 Å². The molecule has 5 rings (SSSR count). The van der Waals surface area contributed by atoms with Crippen molar-refractivity contribution in [3.8, 4) is 5.75 Å². The Morgan fingerprint density at radius 1 is 0.939 bits per heavy atom. The molecule has 0 saturated carbocycles. The highest BCUT2D eigenvalue weighted by Gasteiger charge is 2.42. The number of aromatic nitrogens is 4. The molecule has 0 bridgehead atoms. The molecule has 0 aliphatic carbocycles. The molecule has 1 atom stereocenters. The van der Waals surface area contributed by atoms with Gasteiger partial charge in [-0.1, -0.05) is 0 Å². The van der Waals surface area contributed by atoms with Gasteiger partial charge >= 0.3 is 18.5 Å². The molecule has 1 saturated heterocycles. The van der Waals surface area contributed by atoms with E-state index >= 15 is 0 Å². The highest BCUT2D eigenvalue weighted by atomic mass is 32.2. The van der Waals surface area contributed by atoms with Gasteiger partial charge in [0.25, 0.3) is 0 Å². The molecule has 0 spiro atoms. The molecule has 23 heteroatoms. The van der Waals surface area contributed by atoms with Crippen molar-refractivity contribution in [1.29, 1.82) is 0 Å². The molecule has 1 aliphatic heterocycles. The molecule has 2 N–H and O–H groups in total. The van der Waals surface area contributed by atoms with Crippen LogP contribution in [0.4, 0.5) is 49.7 Å². The number of rotatable bonds is 6. The minimum absolute atomic E-state index is 0.101. The van der Waals surface area contributed by atoms with Crippen LogP contribution in [-0.2, 0) is 27.5 Å². The Bertz CT molecular complexity index is 1940. The van der Waals surface area contributed by atoms with Crippen molar-refractivity contribution < 1.29 is 67.0 Å². The predicted octanol–water partition coefficient (Wildman–Crippen LogP) is 5.10. The van der Waals surface area contributed by atoms with E-state index in [9.17, 15) is 62.2 Å². The zero-order valence-electron chi connectivity index (χ0n) is 23.9. The fourth-order valence-electron chi connectivity index (χ4n) is 4.40. The SMILES string of the molecule is O=C(O)[C@H]1CN(c2cnc3cncnc3n2)CCN1S(=O)(=O)c1ccc(OC(F)(F)F)cc1.[NH-]Cc1c(F)c(F)c(C(F)(F)F)c(F)c1F. The van der Waals surface area contributed by atoms with Crippen molar-refractivity contribution in [2.75, 3.05) is 24.5 Å². The van der Waals surface area contributed by atoms with E-state index in [0.717, 1.165) is 28.6 Å². The van der Waals surface area contributed by atoms with Gasteiger partial charge in [-0.25, -0.2) is 45.9 Å². The van der Waals surface area contributed by atoms with Crippen molar-refractivity contribution in [3.05, 3.63) is 83.1 Å². The highest BCUT2D eigenvalue weighted by molar-refractivity contribution is 7.89. The number of benzene rings is 2. The summed E-state index contributed by atoms with van der Waals surface area (Å²) in [4.78, 5) is 29.4. The summed E-state index contributed by atoms with van der Waals surface area (Å²) < 4.78 is 155. The van der Waals surface area contributed by atoms with Crippen LogP contribution in [0.1, 0.15) is 11.1 Å². The van der Waals surface area contributed by atoms with Gasteiger partial charge in [-0.15, -0.1) is 19.7 Å². The Hall–Kier alpha value is -4.90. The Morgan fingerprint density at radius 3 is 2.08 bits per heavy atom. The van der Waals surface area contributed by atoms with Gasteiger partial charge < -0.3 is 20.5 Å². The predicted molar refractivity (Wildman–Crippen MR) is 145 cm³/mol. The Morgan fingerprint density at radius 2 is 1.55 bits per heavy atom. The Balaban J connectivity index is 0.000000284. The maximum Gasteiger partial charge on any atom is 0.573 e. The summed E-state index contributed by atoms with van der Waals surface area (Å²) in [5, 5.41) is 9.69. The lowest BCUT2D eigenvalue weighted by atomic mass is 10.1. The molecule has 4 aromatic rings. The molecule has 1 aliphatic rings. The second kappa shape index (κ2) is 13.9. The second-order valence-electron chi connectivity index (χ2n) is 9.68. The number of carboxylic acid groups (broad SMARTS) is 1. The molecule has 2 aromatic heterocycles. The minimum atomic E-state index is -5.55. The molecule has 0 amide bonds. The van der Waals surface area contributed by atoms with E-state index in [1.807, 2.05) is 0 Å². The smallest absolute Gasteiger partial charge is 0.573 e. The summed E-state index contributed by atoms with van der Waals surface area (Å²) in [6.07, 6.45) is -6.31. The summed E-state index contributed by atoms with van der Waals surface area (Å²) in [6, 6.07) is 2.07. The third kappa shape index (κ3) is 8.05. The summed E-state index contributed by atoms with van der Waals surface area (Å²) in [7, 11) is -4.32. The number of piperazine rings is 1. The monoisotopic (exact) mass is 730 g/mol. The van der Waals surface area contributed by atoms with Crippen LogP contribution in [0.25, 0.3) is 16.9 Å². The number of ether oxygens (including phenoxy) is 1. The first-order valence-corrected chi connectivity index (χ1v) is 14.5. The van der Waals surface area contributed by atoms with E-state index in [1.165, 1.54) is 18.7 Å². The van der Waals surface area contributed by atoms with E-state index in [1.54, 1.807) is 4.90 Å². The van der Waals surface area contributed by atoms with Crippen LogP contribution in [-0.4, -0.2) is 75.8 Å². The van der Waals surface area contributed by atoms with Crippen LogP contribution in [0.5, 0.6) is 5.75 Å². The summed E-state index contributed by atoms with van der Waals surface area (Å²) in [5.74, 6) is -11.1. The van der Waals surface area contributed by atoms with E-state index in [0.29, 0.717) is 17.0 Å². The molecular weight excluding hydrogens is 712 g/mol. The molecule has 1 fully saturated rings. The maximum absolute atomic E-state index is 13.1. The van der Waals surface area contributed by atoms with Crippen molar-refractivity contribution in [2.45, 2.75) is 30.0 Å². The summed E-state index contributed by atoms with van der Waals surface area (Å²) in [5.41, 5.74) is 3.29. The fourth-order valence-corrected chi connectivity index (χ4v) is 5.97. The van der Waals surface area contributed by atoms with Crippen LogP contribution in [0.3, 0.4) is 0 Å². The number of halogens is 10. The molecule has 0 radical (unpaired) electrons. The van der Waals surface area contributed by atoms with Gasteiger partial charge in [-0.3, -0.25) is 4.79 Å². The third-order valence-corrected chi connectivity index (χ3v) is 8.55. The van der Waals surface area contributed by atoms with Crippen LogP contribution in [0.2, 0.25) is 0 Å². The number of nitrogens with zero attached hydrogens (tertiary/aromatic N) is 6. The Kier molecular flexibility index (Phi) is 10.5. The molecular formula is C26H18F10N7O5S-. The molecule has 264 valence electrons. The van der Waals surface area contributed by atoms with Gasteiger partial charge in [0.15, 0.2) is 28.9 Å². The summed E-state index contributed by atoms with van der Waals surface area (Å²) in [6.45, 7) is -1.54. The highest BCUT2D eigenvalue weighted by Crippen LogP contribution is 2.37. The van der Waals surface area contributed by atoms with Gasteiger partial charge in [0, 0.05) is 25.2 Å². The first kappa shape index (κ1) is 36.9. The van der Waals surface area contributed by atoms with Crippen molar-refractivity contribution in [3.63, 3.8) is 0 Å². The minimum Gasteiger partial charge on any atom is -0.673 e. The van der Waals surface area contributed by atoms with Gasteiger partial charge in [-0.2, -0.15) is 17.5 Å². The van der Waals surface area contributed by atoms with E-state index < -0.39 is 81.3 Å². The average Bonchev–Trinajstić information content (AvgIpc) is 3.03. The maximum atomic E-state index is 13.1. The quantitative estimate of drug-likeness (QED) is 0.209.